The van der Waals surface area contributed by atoms with Crippen LogP contribution < -0.4 is 0 Å². The van der Waals surface area contributed by atoms with Gasteiger partial charge in [0.2, 0.25) is 0 Å². The fourth-order valence-corrected chi connectivity index (χ4v) is 4.52. The lowest BCUT2D eigenvalue weighted by molar-refractivity contribution is -0.152. The van der Waals surface area contributed by atoms with Gasteiger partial charge in [0.1, 0.15) is 16.7 Å². The van der Waals surface area contributed by atoms with Crippen LogP contribution in [0.1, 0.15) is 49.1 Å². The number of benzene rings is 3. The first-order valence-corrected chi connectivity index (χ1v) is 11.8. The van der Waals surface area contributed by atoms with Crippen molar-refractivity contribution in [3.63, 3.8) is 0 Å². The van der Waals surface area contributed by atoms with E-state index in [1.54, 1.807) is 0 Å². The minimum atomic E-state index is -1.37. The lowest BCUT2D eigenvalue weighted by atomic mass is 9.77. The largest absolute Gasteiger partial charge is 0.481 e. The molecule has 4 aromatic rings. The summed E-state index contributed by atoms with van der Waals surface area (Å²) in [5.74, 6) is -1.36. The summed E-state index contributed by atoms with van der Waals surface area (Å²) in [6.07, 6.45) is 5.23. The van der Waals surface area contributed by atoms with Gasteiger partial charge < -0.3 is 9.67 Å². The van der Waals surface area contributed by atoms with E-state index >= 15 is 0 Å². The van der Waals surface area contributed by atoms with Crippen LogP contribution in [0.5, 0.6) is 0 Å². The van der Waals surface area contributed by atoms with E-state index in [-0.39, 0.29) is 12.2 Å². The molecule has 3 aromatic carbocycles. The number of nitrogens with zero attached hydrogens (tertiary/aromatic N) is 2. The molecule has 4 rings (SSSR count). The molecule has 0 saturated heterocycles. The van der Waals surface area contributed by atoms with Crippen molar-refractivity contribution < 1.29 is 14.7 Å². The van der Waals surface area contributed by atoms with Crippen LogP contribution in [0.4, 0.5) is 0 Å². The third kappa shape index (κ3) is 4.67. The monoisotopic (exact) mass is 466 g/mol. The number of aryl methyl sites for hydroxylation is 1. The molecule has 1 heterocycles. The molecule has 0 aliphatic heterocycles. The summed E-state index contributed by atoms with van der Waals surface area (Å²) in [5, 5.41) is 9.31. The highest BCUT2D eigenvalue weighted by molar-refractivity contribution is 6.02. The summed E-state index contributed by atoms with van der Waals surface area (Å²) in [6, 6.07) is 31.1. The van der Waals surface area contributed by atoms with Crippen LogP contribution in [0, 0.1) is 5.41 Å². The number of hydrogen-bond donors (Lipinski definition) is 1. The van der Waals surface area contributed by atoms with Gasteiger partial charge in [-0.15, -0.1) is 0 Å². The molecule has 0 fully saturated rings. The Bertz CT molecular complexity index is 1180. The summed E-state index contributed by atoms with van der Waals surface area (Å²) in [6.45, 7) is 2.92. The normalized spacial score (nSPS) is 11.8. The fourth-order valence-electron chi connectivity index (χ4n) is 4.52. The second-order valence-electron chi connectivity index (χ2n) is 9.29. The average Bonchev–Trinajstić information content (AvgIpc) is 3.35. The van der Waals surface area contributed by atoms with Gasteiger partial charge in [0.05, 0.1) is 12.0 Å². The van der Waals surface area contributed by atoms with Crippen molar-refractivity contribution in [1.82, 2.24) is 9.55 Å². The molecule has 0 radical (unpaired) electrons. The van der Waals surface area contributed by atoms with Gasteiger partial charge in [0, 0.05) is 12.6 Å². The first-order valence-electron chi connectivity index (χ1n) is 11.8. The van der Waals surface area contributed by atoms with Crippen LogP contribution in [0.25, 0.3) is 0 Å². The van der Waals surface area contributed by atoms with Crippen LogP contribution in [-0.2, 0) is 21.5 Å². The third-order valence-corrected chi connectivity index (χ3v) is 6.67. The van der Waals surface area contributed by atoms with E-state index in [1.807, 2.05) is 67.1 Å². The Morgan fingerprint density at radius 2 is 1.26 bits per heavy atom. The van der Waals surface area contributed by atoms with Gasteiger partial charge in [0.25, 0.3) is 0 Å². The van der Waals surface area contributed by atoms with Crippen molar-refractivity contribution in [2.75, 3.05) is 0 Å². The zero-order valence-electron chi connectivity index (χ0n) is 20.1. The smallest absolute Gasteiger partial charge is 0.316 e. The van der Waals surface area contributed by atoms with Gasteiger partial charge in [-0.05, 0) is 43.4 Å². The minimum Gasteiger partial charge on any atom is -0.481 e. The number of aromatic nitrogens is 2. The lowest BCUT2D eigenvalue weighted by Crippen LogP contribution is -2.36. The molecule has 0 spiro atoms. The molecule has 178 valence electrons. The number of rotatable bonds is 10. The Morgan fingerprint density at radius 3 is 1.69 bits per heavy atom. The van der Waals surface area contributed by atoms with Gasteiger partial charge in [-0.2, -0.15) is 0 Å². The highest BCUT2D eigenvalue weighted by Gasteiger charge is 2.38. The molecular weight excluding hydrogens is 436 g/mol. The van der Waals surface area contributed by atoms with E-state index in [0.29, 0.717) is 12.8 Å². The quantitative estimate of drug-likeness (QED) is 0.239. The molecule has 1 N–H and O–H groups in total. The first kappa shape index (κ1) is 24.1. The third-order valence-electron chi connectivity index (χ3n) is 6.67. The van der Waals surface area contributed by atoms with Crippen molar-refractivity contribution in [3.8, 4) is 0 Å². The number of aliphatic carboxylic acids is 1. The van der Waals surface area contributed by atoms with Gasteiger partial charge in [-0.1, -0.05) is 91.0 Å². The molecule has 5 heteroatoms. The maximum Gasteiger partial charge on any atom is 0.316 e. The number of carbonyl (C=O) groups excluding carboxylic acids is 1. The maximum atomic E-state index is 12.4. The molecule has 0 aliphatic rings. The Hall–Kier alpha value is -3.99. The molecule has 35 heavy (non-hydrogen) atoms. The van der Waals surface area contributed by atoms with E-state index in [1.165, 1.54) is 13.8 Å². The number of carboxylic acids is 1. The summed E-state index contributed by atoms with van der Waals surface area (Å²) >= 11 is 0. The summed E-state index contributed by atoms with van der Waals surface area (Å²) < 4.78 is 2.14. The fraction of sp³-hybridized carbons (Fsp3) is 0.233. The summed E-state index contributed by atoms with van der Waals surface area (Å²) in [4.78, 5) is 28.5. The second kappa shape index (κ2) is 10.1. The standard InChI is InChI=1S/C30H30N2O3/c1-29(2,28(34)35)27(33)20-12-19-26-21-32(22-31-26)30(23-13-6-3-7-14-23,24-15-8-4-9-16-24)25-17-10-5-11-18-25/h3-11,13-18,21-22H,12,19-20H2,1-2H3,(H,34,35). The second-order valence-corrected chi connectivity index (χ2v) is 9.29. The molecule has 0 amide bonds. The Kier molecular flexibility index (Phi) is 6.97. The van der Waals surface area contributed by atoms with Gasteiger partial charge in [0.15, 0.2) is 0 Å². The SMILES string of the molecule is CC(C)(C(=O)O)C(=O)CCCc1cn(C(c2ccccc2)(c2ccccc2)c2ccccc2)cn1. The number of imidazole rings is 1. The molecular formula is C30H30N2O3. The van der Waals surface area contributed by atoms with E-state index in [4.69, 9.17) is 0 Å². The molecule has 0 aliphatic carbocycles. The zero-order chi connectivity index (χ0) is 24.9. The van der Waals surface area contributed by atoms with Gasteiger partial charge in [-0.25, -0.2) is 4.98 Å². The molecule has 0 saturated carbocycles. The van der Waals surface area contributed by atoms with Crippen molar-refractivity contribution in [2.45, 2.75) is 38.6 Å². The Balaban J connectivity index is 1.73. The van der Waals surface area contributed by atoms with Crippen LogP contribution >= 0.6 is 0 Å². The van der Waals surface area contributed by atoms with Crippen LogP contribution in [-0.4, -0.2) is 26.4 Å². The predicted octanol–water partition coefficient (Wildman–Crippen LogP) is 5.73. The van der Waals surface area contributed by atoms with E-state index in [0.717, 1.165) is 22.4 Å². The van der Waals surface area contributed by atoms with Crippen LogP contribution in [0.2, 0.25) is 0 Å². The van der Waals surface area contributed by atoms with E-state index < -0.39 is 16.9 Å². The molecule has 0 unspecified atom stereocenters. The predicted molar refractivity (Wildman–Crippen MR) is 136 cm³/mol. The van der Waals surface area contributed by atoms with Crippen molar-refractivity contribution in [2.24, 2.45) is 5.41 Å². The average molecular weight is 467 g/mol. The van der Waals surface area contributed by atoms with E-state index in [2.05, 4.69) is 45.9 Å². The number of Topliss-reactive ketones (excluding diaryl/α,β-unsaturated/α-hetero) is 1. The van der Waals surface area contributed by atoms with Crippen molar-refractivity contribution in [1.29, 1.82) is 0 Å². The van der Waals surface area contributed by atoms with Crippen LogP contribution in [0.15, 0.2) is 104 Å². The molecule has 0 bridgehead atoms. The molecule has 0 atom stereocenters. The number of ketones is 1. The van der Waals surface area contributed by atoms with Crippen molar-refractivity contribution in [3.05, 3.63) is 126 Å². The zero-order valence-corrected chi connectivity index (χ0v) is 20.1. The van der Waals surface area contributed by atoms with Gasteiger partial charge in [-0.3, -0.25) is 9.59 Å². The Labute approximate surface area is 206 Å². The highest BCUT2D eigenvalue weighted by Crippen LogP contribution is 2.40. The number of carboxylic acid groups (broad SMARTS) is 1. The van der Waals surface area contributed by atoms with Crippen LogP contribution in [0.3, 0.4) is 0 Å². The summed E-state index contributed by atoms with van der Waals surface area (Å²) in [7, 11) is 0. The highest BCUT2D eigenvalue weighted by atomic mass is 16.4. The number of hydrogen-bond acceptors (Lipinski definition) is 3. The minimum absolute atomic E-state index is 0.202. The molecule has 1 aromatic heterocycles. The lowest BCUT2D eigenvalue weighted by Gasteiger charge is -2.37. The van der Waals surface area contributed by atoms with Gasteiger partial charge >= 0.3 is 5.97 Å². The topological polar surface area (TPSA) is 72.2 Å². The first-order chi connectivity index (χ1) is 16.9. The maximum absolute atomic E-state index is 12.4. The Morgan fingerprint density at radius 1 is 0.800 bits per heavy atom. The number of carbonyl (C=O) groups is 2. The molecule has 5 nitrogen and oxygen atoms in total. The van der Waals surface area contributed by atoms with E-state index in [9.17, 15) is 14.7 Å². The van der Waals surface area contributed by atoms with Crippen molar-refractivity contribution >= 4 is 11.8 Å². The summed E-state index contributed by atoms with van der Waals surface area (Å²) in [5.41, 5.74) is 2.19.